The molecule has 0 unspecified atom stereocenters. The Labute approximate surface area is 76.2 Å². The Morgan fingerprint density at radius 1 is 1.77 bits per heavy atom. The van der Waals surface area contributed by atoms with Crippen molar-refractivity contribution in [3.63, 3.8) is 0 Å². The second-order valence-electron chi connectivity index (χ2n) is 3.53. The normalized spacial score (nSPS) is 36.1. The minimum atomic E-state index is -0.921. The zero-order valence-corrected chi connectivity index (χ0v) is 7.54. The fraction of sp³-hybridized carbons (Fsp3) is 0.778. The van der Waals surface area contributed by atoms with Gasteiger partial charge >= 0.3 is 11.9 Å². The molecule has 0 spiro atoms. The largest absolute Gasteiger partial charge is 0.465 e. The molecule has 1 saturated carbocycles. The molecule has 1 saturated heterocycles. The Hall–Kier alpha value is -1.06. The lowest BCUT2D eigenvalue weighted by Gasteiger charge is -2.37. The molecule has 1 aliphatic carbocycles. The summed E-state index contributed by atoms with van der Waals surface area (Å²) in [5.74, 6) is -0.713. The molecule has 0 bridgehead atoms. The Kier molecular flexibility index (Phi) is 1.78. The fourth-order valence-electron chi connectivity index (χ4n) is 2.05. The third kappa shape index (κ3) is 0.913. The first-order chi connectivity index (χ1) is 6.21. The number of cyclic esters (lactones) is 1. The van der Waals surface area contributed by atoms with Crippen molar-refractivity contribution in [1.29, 1.82) is 0 Å². The molecule has 0 aromatic heterocycles. The molecule has 1 heterocycles. The van der Waals surface area contributed by atoms with Gasteiger partial charge in [0.15, 0.2) is 5.41 Å². The van der Waals surface area contributed by atoms with Crippen molar-refractivity contribution in [3.8, 4) is 0 Å². The van der Waals surface area contributed by atoms with E-state index in [1.54, 1.807) is 6.92 Å². The monoisotopic (exact) mass is 184 g/mol. The number of ether oxygens (including phenoxy) is 2. The third-order valence-corrected chi connectivity index (χ3v) is 3.00. The van der Waals surface area contributed by atoms with Gasteiger partial charge in [-0.25, -0.2) is 0 Å². The maximum atomic E-state index is 11.5. The Morgan fingerprint density at radius 3 is 3.00 bits per heavy atom. The van der Waals surface area contributed by atoms with E-state index in [2.05, 4.69) is 0 Å². The predicted molar refractivity (Wildman–Crippen MR) is 42.7 cm³/mol. The van der Waals surface area contributed by atoms with Crippen molar-refractivity contribution < 1.29 is 19.1 Å². The van der Waals surface area contributed by atoms with Gasteiger partial charge < -0.3 is 9.47 Å². The lowest BCUT2D eigenvalue weighted by Crippen LogP contribution is -2.49. The van der Waals surface area contributed by atoms with Crippen LogP contribution in [0.25, 0.3) is 0 Å². The van der Waals surface area contributed by atoms with Crippen molar-refractivity contribution in [1.82, 2.24) is 0 Å². The summed E-state index contributed by atoms with van der Waals surface area (Å²) in [6.07, 6.45) is 1.49. The molecule has 2 fully saturated rings. The van der Waals surface area contributed by atoms with E-state index in [1.807, 2.05) is 0 Å². The highest BCUT2D eigenvalue weighted by molar-refractivity contribution is 6.02. The molecule has 4 heteroatoms. The molecular weight excluding hydrogens is 172 g/mol. The topological polar surface area (TPSA) is 52.6 Å². The molecule has 0 N–H and O–H groups in total. The van der Waals surface area contributed by atoms with Crippen LogP contribution in [0.1, 0.15) is 19.8 Å². The molecule has 2 aliphatic rings. The molecule has 2 rings (SSSR count). The molecular formula is C9H12O4. The van der Waals surface area contributed by atoms with Gasteiger partial charge in [-0.15, -0.1) is 0 Å². The summed E-state index contributed by atoms with van der Waals surface area (Å²) < 4.78 is 9.75. The van der Waals surface area contributed by atoms with E-state index in [-0.39, 0.29) is 11.9 Å². The van der Waals surface area contributed by atoms with Crippen LogP contribution in [-0.2, 0) is 19.1 Å². The van der Waals surface area contributed by atoms with Crippen LogP contribution in [-0.4, -0.2) is 25.2 Å². The average molecular weight is 184 g/mol. The minimum Gasteiger partial charge on any atom is -0.465 e. The van der Waals surface area contributed by atoms with E-state index < -0.39 is 11.4 Å². The SMILES string of the molecule is CCOC(=O)[C@]12CC[C@H]1COC2=O. The second-order valence-corrected chi connectivity index (χ2v) is 3.53. The van der Waals surface area contributed by atoms with Crippen molar-refractivity contribution >= 4 is 11.9 Å². The van der Waals surface area contributed by atoms with Crippen molar-refractivity contribution in [3.05, 3.63) is 0 Å². The average Bonchev–Trinajstić information content (AvgIpc) is 2.23. The van der Waals surface area contributed by atoms with Gasteiger partial charge in [0, 0.05) is 5.92 Å². The fourth-order valence-corrected chi connectivity index (χ4v) is 2.05. The lowest BCUT2D eigenvalue weighted by molar-refractivity contribution is -0.172. The Morgan fingerprint density at radius 2 is 2.54 bits per heavy atom. The van der Waals surface area contributed by atoms with E-state index in [4.69, 9.17) is 9.47 Å². The van der Waals surface area contributed by atoms with Crippen LogP contribution in [0.5, 0.6) is 0 Å². The van der Waals surface area contributed by atoms with Crippen molar-refractivity contribution in [2.75, 3.05) is 13.2 Å². The van der Waals surface area contributed by atoms with E-state index >= 15 is 0 Å². The van der Waals surface area contributed by atoms with Gasteiger partial charge in [-0.1, -0.05) is 0 Å². The number of carbonyl (C=O) groups is 2. The highest BCUT2D eigenvalue weighted by Crippen LogP contribution is 2.52. The van der Waals surface area contributed by atoms with E-state index in [1.165, 1.54) is 0 Å². The minimum absolute atomic E-state index is 0.0686. The molecule has 72 valence electrons. The van der Waals surface area contributed by atoms with Crippen LogP contribution < -0.4 is 0 Å². The van der Waals surface area contributed by atoms with Crippen LogP contribution in [0, 0.1) is 11.3 Å². The summed E-state index contributed by atoms with van der Waals surface area (Å²) in [5, 5.41) is 0. The zero-order valence-electron chi connectivity index (χ0n) is 7.54. The molecule has 4 nitrogen and oxygen atoms in total. The van der Waals surface area contributed by atoms with Crippen LogP contribution in [0.3, 0.4) is 0 Å². The number of hydrogen-bond acceptors (Lipinski definition) is 4. The molecule has 0 aromatic carbocycles. The van der Waals surface area contributed by atoms with Crippen molar-refractivity contribution in [2.45, 2.75) is 19.8 Å². The van der Waals surface area contributed by atoms with Gasteiger partial charge in [0.2, 0.25) is 0 Å². The Bertz CT molecular complexity index is 260. The molecule has 0 amide bonds. The Balaban J connectivity index is 2.18. The van der Waals surface area contributed by atoms with Crippen LogP contribution >= 0.6 is 0 Å². The molecule has 0 radical (unpaired) electrons. The first kappa shape index (κ1) is 8.53. The van der Waals surface area contributed by atoms with Gasteiger partial charge in [0.05, 0.1) is 13.2 Å². The quantitative estimate of drug-likeness (QED) is 0.463. The molecule has 0 aromatic rings. The highest BCUT2D eigenvalue weighted by Gasteiger charge is 2.64. The summed E-state index contributed by atoms with van der Waals surface area (Å²) >= 11 is 0. The number of hydrogen-bond donors (Lipinski definition) is 0. The summed E-state index contributed by atoms with van der Waals surface area (Å²) in [7, 11) is 0. The van der Waals surface area contributed by atoms with Gasteiger partial charge in [-0.2, -0.15) is 0 Å². The molecule has 2 atom stereocenters. The predicted octanol–water partition coefficient (Wildman–Crippen LogP) is 0.503. The van der Waals surface area contributed by atoms with Crippen LogP contribution in [0.2, 0.25) is 0 Å². The smallest absolute Gasteiger partial charge is 0.323 e. The second kappa shape index (κ2) is 2.72. The van der Waals surface area contributed by atoms with Gasteiger partial charge in [-0.3, -0.25) is 9.59 Å². The molecule has 1 aliphatic heterocycles. The van der Waals surface area contributed by atoms with Gasteiger partial charge in [-0.05, 0) is 19.8 Å². The summed E-state index contributed by atoms with van der Waals surface area (Å²) in [4.78, 5) is 22.9. The summed E-state index contributed by atoms with van der Waals surface area (Å²) in [5.41, 5.74) is -0.921. The summed E-state index contributed by atoms with van der Waals surface area (Å²) in [6.45, 7) is 2.45. The number of esters is 2. The van der Waals surface area contributed by atoms with Crippen LogP contribution in [0.15, 0.2) is 0 Å². The lowest BCUT2D eigenvalue weighted by atomic mass is 9.62. The van der Waals surface area contributed by atoms with Crippen LogP contribution in [0.4, 0.5) is 0 Å². The van der Waals surface area contributed by atoms with E-state index in [9.17, 15) is 9.59 Å². The number of carbonyl (C=O) groups excluding carboxylic acids is 2. The maximum Gasteiger partial charge on any atom is 0.323 e. The van der Waals surface area contributed by atoms with E-state index in [0.717, 1.165) is 6.42 Å². The number of fused-ring (bicyclic) bond motifs is 1. The maximum absolute atomic E-state index is 11.5. The van der Waals surface area contributed by atoms with Gasteiger partial charge in [0.25, 0.3) is 0 Å². The summed E-state index contributed by atoms with van der Waals surface area (Å²) in [6, 6.07) is 0. The number of rotatable bonds is 2. The van der Waals surface area contributed by atoms with Crippen molar-refractivity contribution in [2.24, 2.45) is 11.3 Å². The first-order valence-corrected chi connectivity index (χ1v) is 4.56. The van der Waals surface area contributed by atoms with Gasteiger partial charge in [0.1, 0.15) is 0 Å². The van der Waals surface area contributed by atoms with E-state index in [0.29, 0.717) is 19.6 Å². The third-order valence-electron chi connectivity index (χ3n) is 3.00. The highest BCUT2D eigenvalue weighted by atomic mass is 16.6. The zero-order chi connectivity index (χ0) is 9.47. The molecule has 13 heavy (non-hydrogen) atoms. The first-order valence-electron chi connectivity index (χ1n) is 4.56. The standard InChI is InChI=1S/C9H12O4/c1-2-12-7(10)9-4-3-6(9)5-13-8(9)11/h6H,2-5H2,1H3/t6-,9-/m0/s1.